The Bertz CT molecular complexity index is 458. The van der Waals surface area contributed by atoms with Gasteiger partial charge in [0, 0.05) is 45.1 Å². The van der Waals surface area contributed by atoms with Crippen LogP contribution in [0.1, 0.15) is 18.4 Å². The molecule has 1 aromatic rings. The zero-order valence-corrected chi connectivity index (χ0v) is 13.7. The molecule has 1 N–H and O–H groups in total. The average molecular weight is 325 g/mol. The van der Waals surface area contributed by atoms with Crippen molar-refractivity contribution in [2.45, 2.75) is 19.4 Å². The van der Waals surface area contributed by atoms with E-state index >= 15 is 0 Å². The molecule has 0 aromatic carbocycles. The molecule has 0 bridgehead atoms. The van der Waals surface area contributed by atoms with Crippen LogP contribution in [-0.4, -0.2) is 60.0 Å². The van der Waals surface area contributed by atoms with E-state index in [4.69, 9.17) is 0 Å². The van der Waals surface area contributed by atoms with Crippen LogP contribution in [0.5, 0.6) is 0 Å². The van der Waals surface area contributed by atoms with Crippen molar-refractivity contribution in [3.8, 4) is 0 Å². The van der Waals surface area contributed by atoms with Crippen molar-refractivity contribution >= 4 is 18.3 Å². The van der Waals surface area contributed by atoms with Crippen molar-refractivity contribution in [2.75, 3.05) is 39.3 Å². The largest absolute Gasteiger partial charge is 0.339 e. The van der Waals surface area contributed by atoms with Crippen LogP contribution < -0.4 is 5.32 Å². The summed E-state index contributed by atoms with van der Waals surface area (Å²) in [5, 5.41) is 3.28. The lowest BCUT2D eigenvalue weighted by atomic mass is 10.2. The van der Waals surface area contributed by atoms with Gasteiger partial charge in [0.15, 0.2) is 0 Å². The topological polar surface area (TPSA) is 48.5 Å². The standard InChI is InChI=1S/C16H24N4O.ClH/c21-16(12-18-10-14-3-4-14)20-8-6-19(7-9-20)13-15-2-1-5-17-11-15;/h1-2,5,11,14,18H,3-4,6-10,12-13H2;1H. The van der Waals surface area contributed by atoms with Crippen LogP contribution in [0.2, 0.25) is 0 Å². The quantitative estimate of drug-likeness (QED) is 0.853. The smallest absolute Gasteiger partial charge is 0.236 e. The fourth-order valence-electron chi connectivity index (χ4n) is 2.72. The summed E-state index contributed by atoms with van der Waals surface area (Å²) in [5.74, 6) is 1.07. The van der Waals surface area contributed by atoms with Crippen LogP contribution >= 0.6 is 12.4 Å². The highest BCUT2D eigenvalue weighted by atomic mass is 35.5. The third-order valence-corrected chi connectivity index (χ3v) is 4.26. The lowest BCUT2D eigenvalue weighted by Gasteiger charge is -2.34. The molecule has 0 unspecified atom stereocenters. The van der Waals surface area contributed by atoms with Gasteiger partial charge < -0.3 is 10.2 Å². The molecule has 1 aromatic heterocycles. The van der Waals surface area contributed by atoms with Crippen molar-refractivity contribution in [3.63, 3.8) is 0 Å². The van der Waals surface area contributed by atoms with Crippen LogP contribution in [0, 0.1) is 5.92 Å². The molecule has 1 aliphatic heterocycles. The Morgan fingerprint density at radius 3 is 2.68 bits per heavy atom. The molecule has 0 spiro atoms. The number of amides is 1. The predicted molar refractivity (Wildman–Crippen MR) is 88.9 cm³/mol. The first kappa shape index (κ1) is 17.2. The molecular weight excluding hydrogens is 300 g/mol. The molecule has 122 valence electrons. The number of rotatable bonds is 6. The van der Waals surface area contributed by atoms with Gasteiger partial charge in [-0.25, -0.2) is 0 Å². The Hall–Kier alpha value is -1.17. The van der Waals surface area contributed by atoms with E-state index in [0.29, 0.717) is 6.54 Å². The van der Waals surface area contributed by atoms with Gasteiger partial charge in [-0.2, -0.15) is 0 Å². The second kappa shape index (κ2) is 8.46. The lowest BCUT2D eigenvalue weighted by Crippen LogP contribution is -2.50. The van der Waals surface area contributed by atoms with E-state index in [0.717, 1.165) is 45.2 Å². The van der Waals surface area contributed by atoms with Gasteiger partial charge in [0.25, 0.3) is 0 Å². The molecule has 2 aliphatic rings. The monoisotopic (exact) mass is 324 g/mol. The van der Waals surface area contributed by atoms with Crippen molar-refractivity contribution in [1.82, 2.24) is 20.1 Å². The number of pyridine rings is 1. The highest BCUT2D eigenvalue weighted by Crippen LogP contribution is 2.27. The van der Waals surface area contributed by atoms with Crippen LogP contribution in [-0.2, 0) is 11.3 Å². The first-order valence-corrected chi connectivity index (χ1v) is 7.91. The average Bonchev–Trinajstić information content (AvgIpc) is 3.33. The van der Waals surface area contributed by atoms with Gasteiger partial charge in [-0.15, -0.1) is 12.4 Å². The third kappa shape index (κ3) is 5.23. The Balaban J connectivity index is 0.00000176. The molecule has 1 aliphatic carbocycles. The number of piperazine rings is 1. The second-order valence-corrected chi connectivity index (χ2v) is 6.09. The summed E-state index contributed by atoms with van der Waals surface area (Å²) in [6.07, 6.45) is 6.37. The highest BCUT2D eigenvalue weighted by Gasteiger charge is 2.23. The number of aromatic nitrogens is 1. The molecule has 3 rings (SSSR count). The lowest BCUT2D eigenvalue weighted by molar-refractivity contribution is -0.132. The van der Waals surface area contributed by atoms with E-state index in [1.807, 2.05) is 17.2 Å². The van der Waals surface area contributed by atoms with Gasteiger partial charge in [-0.1, -0.05) is 6.07 Å². The van der Waals surface area contributed by atoms with E-state index in [-0.39, 0.29) is 18.3 Å². The van der Waals surface area contributed by atoms with E-state index in [1.54, 1.807) is 6.20 Å². The van der Waals surface area contributed by atoms with Crippen molar-refractivity contribution < 1.29 is 4.79 Å². The summed E-state index contributed by atoms with van der Waals surface area (Å²) in [7, 11) is 0. The molecule has 5 nitrogen and oxygen atoms in total. The first-order chi connectivity index (χ1) is 10.3. The molecule has 0 atom stereocenters. The summed E-state index contributed by atoms with van der Waals surface area (Å²) in [4.78, 5) is 20.6. The van der Waals surface area contributed by atoms with Gasteiger partial charge in [0.05, 0.1) is 6.54 Å². The molecular formula is C16H25ClN4O. The van der Waals surface area contributed by atoms with Crippen molar-refractivity contribution in [2.24, 2.45) is 5.92 Å². The minimum absolute atomic E-state index is 0. The zero-order chi connectivity index (χ0) is 14.5. The minimum Gasteiger partial charge on any atom is -0.339 e. The Kier molecular flexibility index (Phi) is 6.61. The maximum Gasteiger partial charge on any atom is 0.236 e. The number of nitrogens with zero attached hydrogens (tertiary/aromatic N) is 3. The molecule has 0 radical (unpaired) electrons. The summed E-state index contributed by atoms with van der Waals surface area (Å²) >= 11 is 0. The van der Waals surface area contributed by atoms with Gasteiger partial charge in [0.1, 0.15) is 0 Å². The third-order valence-electron chi connectivity index (χ3n) is 4.26. The molecule has 1 amide bonds. The van der Waals surface area contributed by atoms with Crippen LogP contribution in [0.25, 0.3) is 0 Å². The fourth-order valence-corrected chi connectivity index (χ4v) is 2.72. The number of carbonyl (C=O) groups excluding carboxylic acids is 1. The normalized spacial score (nSPS) is 18.8. The van der Waals surface area contributed by atoms with E-state index in [1.165, 1.54) is 18.4 Å². The number of hydrogen-bond acceptors (Lipinski definition) is 4. The second-order valence-electron chi connectivity index (χ2n) is 6.09. The predicted octanol–water partition coefficient (Wildman–Crippen LogP) is 1.15. The van der Waals surface area contributed by atoms with Crippen molar-refractivity contribution in [1.29, 1.82) is 0 Å². The minimum atomic E-state index is 0. The van der Waals surface area contributed by atoms with E-state index in [2.05, 4.69) is 21.3 Å². The molecule has 22 heavy (non-hydrogen) atoms. The number of nitrogens with one attached hydrogen (secondary N) is 1. The Morgan fingerprint density at radius 2 is 2.05 bits per heavy atom. The summed E-state index contributed by atoms with van der Waals surface area (Å²) < 4.78 is 0. The molecule has 1 saturated carbocycles. The molecule has 6 heteroatoms. The number of halogens is 1. The zero-order valence-electron chi connectivity index (χ0n) is 12.9. The van der Waals surface area contributed by atoms with Crippen LogP contribution in [0.15, 0.2) is 24.5 Å². The Labute approximate surface area is 138 Å². The van der Waals surface area contributed by atoms with Crippen LogP contribution in [0.4, 0.5) is 0 Å². The number of hydrogen-bond donors (Lipinski definition) is 1. The summed E-state index contributed by atoms with van der Waals surface area (Å²) in [6.45, 7) is 6.00. The highest BCUT2D eigenvalue weighted by molar-refractivity contribution is 5.85. The Morgan fingerprint density at radius 1 is 1.27 bits per heavy atom. The molecule has 2 fully saturated rings. The first-order valence-electron chi connectivity index (χ1n) is 7.91. The summed E-state index contributed by atoms with van der Waals surface area (Å²) in [6, 6.07) is 4.08. The molecule has 1 saturated heterocycles. The van der Waals surface area contributed by atoms with Crippen LogP contribution in [0.3, 0.4) is 0 Å². The fraction of sp³-hybridized carbons (Fsp3) is 0.625. The van der Waals surface area contributed by atoms with Gasteiger partial charge >= 0.3 is 0 Å². The van der Waals surface area contributed by atoms with E-state index in [9.17, 15) is 4.79 Å². The van der Waals surface area contributed by atoms with Gasteiger partial charge in [0.2, 0.25) is 5.91 Å². The van der Waals surface area contributed by atoms with Crippen molar-refractivity contribution in [3.05, 3.63) is 30.1 Å². The summed E-state index contributed by atoms with van der Waals surface area (Å²) in [5.41, 5.74) is 1.24. The maximum absolute atomic E-state index is 12.1. The number of carbonyl (C=O) groups is 1. The van der Waals surface area contributed by atoms with E-state index < -0.39 is 0 Å². The maximum atomic E-state index is 12.1. The van der Waals surface area contributed by atoms with Gasteiger partial charge in [-0.05, 0) is 36.9 Å². The van der Waals surface area contributed by atoms with Gasteiger partial charge in [-0.3, -0.25) is 14.7 Å². The molecule has 2 heterocycles. The SMILES string of the molecule is Cl.O=C(CNCC1CC1)N1CCN(Cc2cccnc2)CC1.